The molecule has 2 aromatic carbocycles. The van der Waals surface area contributed by atoms with E-state index in [9.17, 15) is 8.78 Å². The summed E-state index contributed by atoms with van der Waals surface area (Å²) in [7, 11) is 0. The van der Waals surface area contributed by atoms with Gasteiger partial charge in [0.25, 0.3) is 0 Å². The van der Waals surface area contributed by atoms with Crippen LogP contribution >= 0.6 is 11.6 Å². The first-order valence-electron chi connectivity index (χ1n) is 5.09. The van der Waals surface area contributed by atoms with Crippen LogP contribution in [0.1, 0.15) is 5.56 Å². The maximum Gasteiger partial charge on any atom is 0.181 e. The lowest BCUT2D eigenvalue weighted by Crippen LogP contribution is -2.02. The van der Waals surface area contributed by atoms with Crippen molar-refractivity contribution in [1.29, 1.82) is 0 Å². The van der Waals surface area contributed by atoms with Crippen LogP contribution in [-0.2, 0) is 6.54 Å². The molecular formula is C13H10ClF2N. The van der Waals surface area contributed by atoms with E-state index in [0.717, 1.165) is 11.6 Å². The zero-order chi connectivity index (χ0) is 12.3. The van der Waals surface area contributed by atoms with Crippen LogP contribution in [0.25, 0.3) is 0 Å². The Hall–Kier alpha value is -1.61. The van der Waals surface area contributed by atoms with Crippen molar-refractivity contribution in [2.75, 3.05) is 5.32 Å². The van der Waals surface area contributed by atoms with E-state index in [0.29, 0.717) is 11.6 Å². The van der Waals surface area contributed by atoms with Crippen LogP contribution in [-0.4, -0.2) is 0 Å². The summed E-state index contributed by atoms with van der Waals surface area (Å²) in [6.07, 6.45) is 0. The first-order chi connectivity index (χ1) is 8.16. The van der Waals surface area contributed by atoms with E-state index < -0.39 is 11.6 Å². The van der Waals surface area contributed by atoms with Gasteiger partial charge in [0.2, 0.25) is 0 Å². The predicted molar refractivity (Wildman–Crippen MR) is 65.1 cm³/mol. The number of hydrogen-bond donors (Lipinski definition) is 1. The number of hydrogen-bond acceptors (Lipinski definition) is 1. The summed E-state index contributed by atoms with van der Waals surface area (Å²) in [6.45, 7) is 0.414. The Morgan fingerprint density at radius 2 is 1.71 bits per heavy atom. The van der Waals surface area contributed by atoms with Gasteiger partial charge in [0, 0.05) is 11.6 Å². The highest BCUT2D eigenvalue weighted by molar-refractivity contribution is 6.30. The van der Waals surface area contributed by atoms with Gasteiger partial charge in [-0.15, -0.1) is 0 Å². The van der Waals surface area contributed by atoms with Gasteiger partial charge < -0.3 is 5.32 Å². The van der Waals surface area contributed by atoms with Crippen molar-refractivity contribution in [2.45, 2.75) is 6.54 Å². The van der Waals surface area contributed by atoms with Crippen molar-refractivity contribution in [3.05, 3.63) is 64.7 Å². The molecule has 2 rings (SSSR count). The molecule has 2 aromatic rings. The molecule has 0 aliphatic rings. The van der Waals surface area contributed by atoms with Gasteiger partial charge in [-0.25, -0.2) is 8.78 Å². The van der Waals surface area contributed by atoms with Crippen molar-refractivity contribution < 1.29 is 8.78 Å². The standard InChI is InChI=1S/C13H10ClF2N/c14-10-6-4-9(5-7-10)8-17-12-3-1-2-11(15)13(12)16/h1-7,17H,8H2. The number of anilines is 1. The molecule has 1 N–H and O–H groups in total. The van der Waals surface area contributed by atoms with Crippen molar-refractivity contribution in [2.24, 2.45) is 0 Å². The molecule has 0 radical (unpaired) electrons. The molecule has 0 unspecified atom stereocenters. The van der Waals surface area contributed by atoms with E-state index in [2.05, 4.69) is 5.32 Å². The molecule has 0 atom stereocenters. The Kier molecular flexibility index (Phi) is 3.59. The normalized spacial score (nSPS) is 10.3. The summed E-state index contributed by atoms with van der Waals surface area (Å²) >= 11 is 5.74. The van der Waals surface area contributed by atoms with E-state index in [1.807, 2.05) is 12.1 Å². The smallest absolute Gasteiger partial charge is 0.181 e. The molecule has 0 amide bonds. The largest absolute Gasteiger partial charge is 0.379 e. The lowest BCUT2D eigenvalue weighted by atomic mass is 10.2. The van der Waals surface area contributed by atoms with Crippen molar-refractivity contribution in [1.82, 2.24) is 0 Å². The third kappa shape index (κ3) is 2.94. The highest BCUT2D eigenvalue weighted by Crippen LogP contribution is 2.18. The van der Waals surface area contributed by atoms with E-state index in [1.54, 1.807) is 12.1 Å². The quantitative estimate of drug-likeness (QED) is 0.863. The molecule has 0 spiro atoms. The van der Waals surface area contributed by atoms with E-state index >= 15 is 0 Å². The first kappa shape index (κ1) is 11.9. The second-order valence-electron chi connectivity index (χ2n) is 3.58. The van der Waals surface area contributed by atoms with Crippen LogP contribution in [0.2, 0.25) is 5.02 Å². The van der Waals surface area contributed by atoms with Gasteiger partial charge in [-0.05, 0) is 29.8 Å². The van der Waals surface area contributed by atoms with Gasteiger partial charge >= 0.3 is 0 Å². The molecule has 0 saturated carbocycles. The van der Waals surface area contributed by atoms with Crippen LogP contribution in [0.15, 0.2) is 42.5 Å². The SMILES string of the molecule is Fc1cccc(NCc2ccc(Cl)cc2)c1F. The van der Waals surface area contributed by atoms with E-state index in [-0.39, 0.29) is 5.69 Å². The molecule has 0 fully saturated rings. The molecule has 0 aromatic heterocycles. The lowest BCUT2D eigenvalue weighted by molar-refractivity contribution is 0.511. The van der Waals surface area contributed by atoms with Gasteiger partial charge in [-0.2, -0.15) is 0 Å². The minimum atomic E-state index is -0.860. The van der Waals surface area contributed by atoms with Crippen molar-refractivity contribution in [3.8, 4) is 0 Å². The molecule has 17 heavy (non-hydrogen) atoms. The van der Waals surface area contributed by atoms with Crippen LogP contribution in [0.5, 0.6) is 0 Å². The van der Waals surface area contributed by atoms with Gasteiger partial charge in [0.05, 0.1) is 5.69 Å². The Labute approximate surface area is 103 Å². The summed E-state index contributed by atoms with van der Waals surface area (Å²) in [4.78, 5) is 0. The van der Waals surface area contributed by atoms with Crippen molar-refractivity contribution >= 4 is 17.3 Å². The third-order valence-electron chi connectivity index (χ3n) is 2.35. The summed E-state index contributed by atoms with van der Waals surface area (Å²) in [5.41, 5.74) is 1.10. The fourth-order valence-electron chi connectivity index (χ4n) is 1.44. The Morgan fingerprint density at radius 3 is 2.41 bits per heavy atom. The van der Waals surface area contributed by atoms with Gasteiger partial charge in [0.15, 0.2) is 11.6 Å². The molecule has 4 heteroatoms. The molecule has 0 bridgehead atoms. The zero-order valence-electron chi connectivity index (χ0n) is 8.88. The van der Waals surface area contributed by atoms with Crippen molar-refractivity contribution in [3.63, 3.8) is 0 Å². The minimum absolute atomic E-state index is 0.153. The average Bonchev–Trinajstić information content (AvgIpc) is 2.33. The Morgan fingerprint density at radius 1 is 1.00 bits per heavy atom. The van der Waals surface area contributed by atoms with Gasteiger partial charge in [0.1, 0.15) is 0 Å². The number of nitrogens with one attached hydrogen (secondary N) is 1. The molecular weight excluding hydrogens is 244 g/mol. The Balaban J connectivity index is 2.07. The molecule has 0 aliphatic heterocycles. The second kappa shape index (κ2) is 5.15. The van der Waals surface area contributed by atoms with Gasteiger partial charge in [-0.1, -0.05) is 29.8 Å². The van der Waals surface area contributed by atoms with Crippen LogP contribution < -0.4 is 5.32 Å². The fourth-order valence-corrected chi connectivity index (χ4v) is 1.57. The number of halogens is 3. The summed E-state index contributed by atoms with van der Waals surface area (Å²) < 4.78 is 26.2. The maximum atomic E-state index is 13.3. The topological polar surface area (TPSA) is 12.0 Å². The molecule has 0 heterocycles. The Bertz CT molecular complexity index is 511. The highest BCUT2D eigenvalue weighted by atomic mass is 35.5. The van der Waals surface area contributed by atoms with E-state index in [4.69, 9.17) is 11.6 Å². The van der Waals surface area contributed by atoms with Crippen LogP contribution in [0.3, 0.4) is 0 Å². The van der Waals surface area contributed by atoms with Crippen LogP contribution in [0.4, 0.5) is 14.5 Å². The number of benzene rings is 2. The maximum absolute atomic E-state index is 13.3. The summed E-state index contributed by atoms with van der Waals surface area (Å²) in [6, 6.07) is 11.2. The summed E-state index contributed by atoms with van der Waals surface area (Å²) in [5, 5.41) is 3.48. The minimum Gasteiger partial charge on any atom is -0.379 e. The molecule has 1 nitrogen and oxygen atoms in total. The molecule has 0 aliphatic carbocycles. The predicted octanol–water partition coefficient (Wildman–Crippen LogP) is 4.23. The fraction of sp³-hybridized carbons (Fsp3) is 0.0769. The van der Waals surface area contributed by atoms with Crippen LogP contribution in [0, 0.1) is 11.6 Å². The monoisotopic (exact) mass is 253 g/mol. The molecule has 88 valence electrons. The van der Waals surface area contributed by atoms with Gasteiger partial charge in [-0.3, -0.25) is 0 Å². The lowest BCUT2D eigenvalue weighted by Gasteiger charge is -2.08. The molecule has 0 saturated heterocycles. The second-order valence-corrected chi connectivity index (χ2v) is 4.02. The highest BCUT2D eigenvalue weighted by Gasteiger charge is 2.06. The first-order valence-corrected chi connectivity index (χ1v) is 5.47. The zero-order valence-corrected chi connectivity index (χ0v) is 9.64. The number of rotatable bonds is 3. The average molecular weight is 254 g/mol. The van der Waals surface area contributed by atoms with E-state index in [1.165, 1.54) is 12.1 Å². The third-order valence-corrected chi connectivity index (χ3v) is 2.60. The summed E-state index contributed by atoms with van der Waals surface area (Å²) in [5.74, 6) is -1.72.